The van der Waals surface area contributed by atoms with E-state index in [1.165, 1.54) is 23.1 Å². The molecule has 0 fully saturated rings. The van der Waals surface area contributed by atoms with Gasteiger partial charge in [0.15, 0.2) is 5.16 Å². The molecule has 2 N–H and O–H groups in total. The summed E-state index contributed by atoms with van der Waals surface area (Å²) in [6.07, 6.45) is 2.87. The zero-order valence-corrected chi connectivity index (χ0v) is 17.4. The summed E-state index contributed by atoms with van der Waals surface area (Å²) in [6, 6.07) is 6.69. The van der Waals surface area contributed by atoms with Crippen LogP contribution in [0.15, 0.2) is 29.4 Å². The number of benzene rings is 1. The van der Waals surface area contributed by atoms with Crippen molar-refractivity contribution >= 4 is 34.1 Å². The highest BCUT2D eigenvalue weighted by molar-refractivity contribution is 7.99. The number of hydrogen-bond donors (Lipinski definition) is 2. The van der Waals surface area contributed by atoms with Crippen LogP contribution in [0.2, 0.25) is 0 Å². The maximum Gasteiger partial charge on any atom is 0.236 e. The lowest BCUT2D eigenvalue weighted by atomic mass is 10.2. The average Bonchev–Trinajstić information content (AvgIpc) is 3.29. The molecule has 0 aliphatic carbocycles. The van der Waals surface area contributed by atoms with Crippen LogP contribution in [0, 0.1) is 0 Å². The first kappa shape index (κ1) is 20.3. The van der Waals surface area contributed by atoms with Crippen LogP contribution in [-0.4, -0.2) is 41.7 Å². The monoisotopic (exact) mass is 418 g/mol. The number of thioether (sulfide) groups is 1. The van der Waals surface area contributed by atoms with Crippen molar-refractivity contribution in [1.82, 2.24) is 25.0 Å². The number of aromatic nitrogens is 5. The van der Waals surface area contributed by atoms with Crippen LogP contribution in [0.4, 0.5) is 5.13 Å². The summed E-state index contributed by atoms with van der Waals surface area (Å²) in [4.78, 5) is 12.3. The van der Waals surface area contributed by atoms with Gasteiger partial charge in [-0.25, -0.2) is 0 Å². The van der Waals surface area contributed by atoms with Gasteiger partial charge >= 0.3 is 0 Å². The van der Waals surface area contributed by atoms with Gasteiger partial charge in [-0.1, -0.05) is 36.9 Å². The molecule has 28 heavy (non-hydrogen) atoms. The van der Waals surface area contributed by atoms with Crippen LogP contribution in [0.25, 0.3) is 10.6 Å². The van der Waals surface area contributed by atoms with Crippen molar-refractivity contribution in [2.75, 3.05) is 11.1 Å². The summed E-state index contributed by atoms with van der Waals surface area (Å²) in [6.45, 7) is 5.07. The van der Waals surface area contributed by atoms with Crippen LogP contribution in [0.1, 0.15) is 32.5 Å². The summed E-state index contributed by atoms with van der Waals surface area (Å²) in [5.74, 6) is 1.22. The van der Waals surface area contributed by atoms with E-state index >= 15 is 0 Å². The lowest BCUT2D eigenvalue weighted by molar-refractivity contribution is -0.113. The van der Waals surface area contributed by atoms with Crippen molar-refractivity contribution in [1.29, 1.82) is 0 Å². The highest BCUT2D eigenvalue weighted by Gasteiger charge is 2.15. The Kier molecular flexibility index (Phi) is 6.99. The minimum Gasteiger partial charge on any atom is -0.508 e. The molecule has 0 spiro atoms. The number of carbonyl (C=O) groups excluding carboxylic acids is 1. The molecule has 0 saturated carbocycles. The van der Waals surface area contributed by atoms with Crippen molar-refractivity contribution in [2.24, 2.45) is 0 Å². The van der Waals surface area contributed by atoms with Gasteiger partial charge in [0, 0.05) is 18.5 Å². The quantitative estimate of drug-likeness (QED) is 0.511. The van der Waals surface area contributed by atoms with Crippen molar-refractivity contribution in [3.05, 3.63) is 30.1 Å². The first-order chi connectivity index (χ1) is 13.6. The number of nitrogens with zero attached hydrogens (tertiary/aromatic N) is 5. The maximum absolute atomic E-state index is 12.3. The molecular weight excluding hydrogens is 396 g/mol. The molecule has 148 valence electrons. The molecule has 2 aromatic heterocycles. The zero-order valence-electron chi connectivity index (χ0n) is 15.8. The first-order valence-corrected chi connectivity index (χ1v) is 10.9. The predicted molar refractivity (Wildman–Crippen MR) is 111 cm³/mol. The van der Waals surface area contributed by atoms with Crippen molar-refractivity contribution in [3.63, 3.8) is 0 Å². The summed E-state index contributed by atoms with van der Waals surface area (Å²) in [7, 11) is 0. The van der Waals surface area contributed by atoms with Gasteiger partial charge in [-0.3, -0.25) is 10.1 Å². The van der Waals surface area contributed by atoms with E-state index < -0.39 is 0 Å². The third-order valence-corrected chi connectivity index (χ3v) is 5.69. The van der Waals surface area contributed by atoms with E-state index in [0.29, 0.717) is 10.1 Å². The van der Waals surface area contributed by atoms with Crippen LogP contribution in [0.3, 0.4) is 0 Å². The zero-order chi connectivity index (χ0) is 19.9. The maximum atomic E-state index is 12.3. The van der Waals surface area contributed by atoms with Crippen molar-refractivity contribution < 1.29 is 9.90 Å². The van der Waals surface area contributed by atoms with Gasteiger partial charge in [0.25, 0.3) is 0 Å². The first-order valence-electron chi connectivity index (χ1n) is 9.08. The number of amides is 1. The van der Waals surface area contributed by atoms with E-state index in [1.54, 1.807) is 24.3 Å². The predicted octanol–water partition coefficient (Wildman–Crippen LogP) is 3.60. The van der Waals surface area contributed by atoms with Gasteiger partial charge in [-0.2, -0.15) is 0 Å². The van der Waals surface area contributed by atoms with E-state index in [0.717, 1.165) is 42.4 Å². The Morgan fingerprint density at radius 3 is 2.64 bits per heavy atom. The molecule has 2 heterocycles. The molecule has 3 aromatic rings. The number of nitrogens with one attached hydrogen (secondary N) is 1. The van der Waals surface area contributed by atoms with Crippen LogP contribution in [0.5, 0.6) is 5.75 Å². The molecule has 0 atom stereocenters. The molecule has 0 saturated heterocycles. The van der Waals surface area contributed by atoms with Crippen LogP contribution in [-0.2, 0) is 17.8 Å². The number of phenols is 1. The number of phenolic OH excluding ortho intramolecular Hbond substituents is 1. The minimum absolute atomic E-state index is 0.165. The molecule has 0 bridgehead atoms. The second-order valence-electron chi connectivity index (χ2n) is 6.10. The third kappa shape index (κ3) is 5.08. The van der Waals surface area contributed by atoms with Gasteiger partial charge in [0.05, 0.1) is 5.75 Å². The standard InChI is InChI=1S/C18H22N6O2S2/c1-3-5-14-20-23-18(24(14)10-4-2)27-11-15(26)19-17-22-21-16(28-17)12-6-8-13(25)9-7-12/h6-9,25H,3-5,10-11H2,1-2H3,(H,19,22,26). The second-order valence-corrected chi connectivity index (χ2v) is 8.02. The lowest BCUT2D eigenvalue weighted by Gasteiger charge is -2.07. The molecular formula is C18H22N6O2S2. The Bertz CT molecular complexity index is 923. The van der Waals surface area contributed by atoms with E-state index in [-0.39, 0.29) is 17.4 Å². The smallest absolute Gasteiger partial charge is 0.236 e. The SMILES string of the molecule is CCCc1nnc(SCC(=O)Nc2nnc(-c3ccc(O)cc3)s2)n1CCC. The summed E-state index contributed by atoms with van der Waals surface area (Å²) in [5.41, 5.74) is 0.835. The second kappa shape index (κ2) is 9.65. The Morgan fingerprint density at radius 1 is 1.14 bits per heavy atom. The fourth-order valence-electron chi connectivity index (χ4n) is 2.56. The van der Waals surface area contributed by atoms with E-state index in [1.807, 2.05) is 0 Å². The molecule has 1 aromatic carbocycles. The highest BCUT2D eigenvalue weighted by Crippen LogP contribution is 2.27. The minimum atomic E-state index is -0.165. The number of aryl methyl sites for hydroxylation is 1. The summed E-state index contributed by atoms with van der Waals surface area (Å²) in [5, 5.41) is 30.6. The fourth-order valence-corrected chi connectivity index (χ4v) is 4.11. The van der Waals surface area contributed by atoms with Crippen molar-refractivity contribution in [3.8, 4) is 16.3 Å². The molecule has 1 amide bonds. The van der Waals surface area contributed by atoms with Crippen LogP contribution < -0.4 is 5.32 Å². The molecule has 8 nitrogen and oxygen atoms in total. The van der Waals surface area contributed by atoms with E-state index in [2.05, 4.69) is 44.1 Å². The highest BCUT2D eigenvalue weighted by atomic mass is 32.2. The fraction of sp³-hybridized carbons (Fsp3) is 0.389. The number of carbonyl (C=O) groups is 1. The summed E-state index contributed by atoms with van der Waals surface area (Å²) >= 11 is 2.66. The Morgan fingerprint density at radius 2 is 1.93 bits per heavy atom. The number of rotatable bonds is 9. The van der Waals surface area contributed by atoms with E-state index in [9.17, 15) is 9.90 Å². The van der Waals surface area contributed by atoms with Gasteiger partial charge in [0.1, 0.15) is 16.6 Å². The Balaban J connectivity index is 1.58. The molecule has 3 rings (SSSR count). The number of aromatic hydroxyl groups is 1. The molecule has 0 radical (unpaired) electrons. The van der Waals surface area contributed by atoms with Gasteiger partial charge in [0.2, 0.25) is 11.0 Å². The topological polar surface area (TPSA) is 106 Å². The molecule has 0 aliphatic heterocycles. The normalized spacial score (nSPS) is 10.9. The van der Waals surface area contributed by atoms with Gasteiger partial charge in [-0.05, 0) is 37.1 Å². The average molecular weight is 419 g/mol. The van der Waals surface area contributed by atoms with Crippen molar-refractivity contribution in [2.45, 2.75) is 44.8 Å². The summed E-state index contributed by atoms with van der Waals surface area (Å²) < 4.78 is 2.09. The lowest BCUT2D eigenvalue weighted by Crippen LogP contribution is -2.14. The number of hydrogen-bond acceptors (Lipinski definition) is 8. The molecule has 10 heteroatoms. The third-order valence-electron chi connectivity index (χ3n) is 3.83. The molecule has 0 aliphatic rings. The Hall–Kier alpha value is -2.46. The number of anilines is 1. The van der Waals surface area contributed by atoms with Gasteiger partial charge < -0.3 is 9.67 Å². The molecule has 0 unspecified atom stereocenters. The Labute approximate surface area is 171 Å². The van der Waals surface area contributed by atoms with E-state index in [4.69, 9.17) is 0 Å². The van der Waals surface area contributed by atoms with Gasteiger partial charge in [-0.15, -0.1) is 20.4 Å². The van der Waals surface area contributed by atoms with Crippen LogP contribution >= 0.6 is 23.1 Å². The largest absolute Gasteiger partial charge is 0.508 e.